The largest absolute Gasteiger partial charge is 0.389 e. The molecule has 2 aliphatic heterocycles. The van der Waals surface area contributed by atoms with Crippen LogP contribution in [0.2, 0.25) is 0 Å². The van der Waals surface area contributed by atoms with E-state index in [9.17, 15) is 5.26 Å². The molecular formula is C35H41N11O2S. The molecular weight excluding hydrogens is 639 g/mol. The lowest BCUT2D eigenvalue weighted by molar-refractivity contribution is -0.0580. The van der Waals surface area contributed by atoms with Crippen LogP contribution in [0, 0.1) is 11.3 Å². The highest BCUT2D eigenvalue weighted by molar-refractivity contribution is 7.16. The zero-order valence-corrected chi connectivity index (χ0v) is 29.1. The lowest BCUT2D eigenvalue weighted by Crippen LogP contribution is -2.39. The first-order chi connectivity index (χ1) is 23.8. The Labute approximate surface area is 288 Å². The van der Waals surface area contributed by atoms with Crippen LogP contribution in [-0.2, 0) is 23.2 Å². The van der Waals surface area contributed by atoms with Crippen molar-refractivity contribution in [2.75, 3.05) is 43.1 Å². The number of pyridine rings is 1. The van der Waals surface area contributed by atoms with E-state index in [-0.39, 0.29) is 12.1 Å². The topological polar surface area (TPSA) is 174 Å². The van der Waals surface area contributed by atoms with Gasteiger partial charge in [-0.25, -0.2) is 19.6 Å². The second kappa shape index (κ2) is 12.1. The molecule has 3 aliphatic rings. The number of rotatable bonds is 7. The Morgan fingerprint density at radius 2 is 2.08 bits per heavy atom. The molecule has 1 aliphatic carbocycles. The quantitative estimate of drug-likeness (QED) is 0.225. The summed E-state index contributed by atoms with van der Waals surface area (Å²) in [6, 6.07) is 6.55. The van der Waals surface area contributed by atoms with Crippen molar-refractivity contribution in [2.45, 2.75) is 83.0 Å². The summed E-state index contributed by atoms with van der Waals surface area (Å²) in [6.45, 7) is 8.60. The van der Waals surface area contributed by atoms with Crippen LogP contribution >= 0.6 is 11.3 Å². The predicted molar refractivity (Wildman–Crippen MR) is 188 cm³/mol. The lowest BCUT2D eigenvalue weighted by atomic mass is 9.76. The third-order valence-electron chi connectivity index (χ3n) is 10.9. The first kappa shape index (κ1) is 31.7. The fourth-order valence-electron chi connectivity index (χ4n) is 8.43. The standard InChI is InChI=1S/C35H41N11O2S/c1-5-45(19(2)21-9-7-14-39-30(21)37)33-24-18-40-46(20(3)25-10-8-15-44(25)4)34(24)42-32(41-33)28-22-12-16-47-35(29(22)48-43-28)13-6-11-26-27(35)23(17-36)31(38)49-26/h7,9,14,18-20,25H,5-6,8,10-13,15-16,38H2,1-4H3,(H2,37,39). The van der Waals surface area contributed by atoms with Gasteiger partial charge in [-0.15, -0.1) is 11.3 Å². The van der Waals surface area contributed by atoms with Gasteiger partial charge in [0.25, 0.3) is 0 Å². The van der Waals surface area contributed by atoms with Gasteiger partial charge in [-0.1, -0.05) is 11.2 Å². The van der Waals surface area contributed by atoms with Crippen LogP contribution in [-0.4, -0.2) is 67.6 Å². The number of hydrogen-bond acceptors (Lipinski definition) is 13. The lowest BCUT2D eigenvalue weighted by Gasteiger charge is -2.38. The highest BCUT2D eigenvalue weighted by Gasteiger charge is 2.50. The van der Waals surface area contributed by atoms with Gasteiger partial charge in [0.05, 0.1) is 35.8 Å². The number of fused-ring (bicyclic) bond motifs is 5. The molecule has 4 atom stereocenters. The maximum atomic E-state index is 10.1. The Morgan fingerprint density at radius 3 is 2.84 bits per heavy atom. The molecule has 4 N–H and O–H groups in total. The molecule has 1 spiro atoms. The number of ether oxygens (including phenoxy) is 1. The Kier molecular flexibility index (Phi) is 7.81. The van der Waals surface area contributed by atoms with E-state index >= 15 is 0 Å². The summed E-state index contributed by atoms with van der Waals surface area (Å²) in [5.74, 6) is 2.31. The summed E-state index contributed by atoms with van der Waals surface area (Å²) in [4.78, 5) is 20.5. The van der Waals surface area contributed by atoms with Crippen molar-refractivity contribution in [3.05, 3.63) is 57.4 Å². The molecule has 0 bridgehead atoms. The zero-order chi connectivity index (χ0) is 34.0. The van der Waals surface area contributed by atoms with Crippen molar-refractivity contribution in [1.82, 2.24) is 34.8 Å². The monoisotopic (exact) mass is 679 g/mol. The zero-order valence-electron chi connectivity index (χ0n) is 28.3. The normalized spacial score (nSPS) is 21.8. The summed E-state index contributed by atoms with van der Waals surface area (Å²) < 4.78 is 14.9. The fraction of sp³-hybridized carbons (Fsp3) is 0.486. The van der Waals surface area contributed by atoms with Gasteiger partial charge in [0, 0.05) is 46.8 Å². The molecule has 1 saturated heterocycles. The van der Waals surface area contributed by atoms with E-state index in [1.54, 1.807) is 6.20 Å². The molecule has 5 aromatic rings. The third-order valence-corrected chi connectivity index (χ3v) is 12.0. The van der Waals surface area contributed by atoms with Crippen LogP contribution in [0.5, 0.6) is 0 Å². The van der Waals surface area contributed by atoms with Gasteiger partial charge < -0.3 is 30.5 Å². The van der Waals surface area contributed by atoms with E-state index in [1.807, 2.05) is 23.0 Å². The predicted octanol–water partition coefficient (Wildman–Crippen LogP) is 5.37. The van der Waals surface area contributed by atoms with Crippen LogP contribution in [0.3, 0.4) is 0 Å². The highest BCUT2D eigenvalue weighted by atomic mass is 32.1. The Bertz CT molecular complexity index is 2090. The second-order valence-electron chi connectivity index (χ2n) is 13.4. The van der Waals surface area contributed by atoms with Crippen molar-refractivity contribution in [2.24, 2.45) is 0 Å². The minimum Gasteiger partial charge on any atom is -0.389 e. The molecule has 5 aromatic heterocycles. The molecule has 14 heteroatoms. The van der Waals surface area contributed by atoms with Gasteiger partial charge in [0.2, 0.25) is 0 Å². The highest BCUT2D eigenvalue weighted by Crippen LogP contribution is 2.53. The molecule has 0 radical (unpaired) electrons. The molecule has 0 saturated carbocycles. The van der Waals surface area contributed by atoms with Gasteiger partial charge in [-0.3, -0.25) is 0 Å². The van der Waals surface area contributed by atoms with Crippen molar-refractivity contribution < 1.29 is 9.26 Å². The molecule has 0 amide bonds. The molecule has 13 nitrogen and oxygen atoms in total. The molecule has 49 heavy (non-hydrogen) atoms. The molecule has 0 aromatic carbocycles. The number of nitriles is 1. The van der Waals surface area contributed by atoms with Crippen LogP contribution < -0.4 is 16.4 Å². The van der Waals surface area contributed by atoms with E-state index in [0.717, 1.165) is 70.6 Å². The molecule has 8 rings (SSSR count). The van der Waals surface area contributed by atoms with E-state index in [4.69, 9.17) is 35.8 Å². The van der Waals surface area contributed by atoms with Gasteiger partial charge >= 0.3 is 0 Å². The average Bonchev–Trinajstić information content (AvgIpc) is 3.90. The Balaban J connectivity index is 1.31. The van der Waals surface area contributed by atoms with Crippen LogP contribution in [0.4, 0.5) is 16.6 Å². The van der Waals surface area contributed by atoms with Crippen LogP contribution in [0.25, 0.3) is 22.6 Å². The van der Waals surface area contributed by atoms with Crippen molar-refractivity contribution >= 4 is 39.0 Å². The van der Waals surface area contributed by atoms with Crippen LogP contribution in [0.15, 0.2) is 29.0 Å². The fourth-order valence-corrected chi connectivity index (χ4v) is 9.56. The van der Waals surface area contributed by atoms with E-state index in [2.05, 4.69) is 53.8 Å². The summed E-state index contributed by atoms with van der Waals surface area (Å²) in [7, 11) is 2.18. The number of thiophene rings is 1. The summed E-state index contributed by atoms with van der Waals surface area (Å²) in [5, 5.41) is 21.1. The summed E-state index contributed by atoms with van der Waals surface area (Å²) in [5.41, 5.74) is 16.3. The molecule has 4 unspecified atom stereocenters. The number of hydrogen-bond donors (Lipinski definition) is 2. The smallest absolute Gasteiger partial charge is 0.186 e. The van der Waals surface area contributed by atoms with Crippen LogP contribution in [0.1, 0.15) is 91.4 Å². The first-order valence-electron chi connectivity index (χ1n) is 17.1. The average molecular weight is 680 g/mol. The Morgan fingerprint density at radius 1 is 1.22 bits per heavy atom. The van der Waals surface area contributed by atoms with Crippen molar-refractivity contribution in [3.63, 3.8) is 0 Å². The van der Waals surface area contributed by atoms with Crippen molar-refractivity contribution in [1.29, 1.82) is 5.26 Å². The Hall–Kier alpha value is -4.58. The molecule has 7 heterocycles. The number of anilines is 3. The minimum atomic E-state index is -0.927. The maximum absolute atomic E-state index is 10.1. The molecule has 1 fully saturated rings. The van der Waals surface area contributed by atoms with Gasteiger partial charge in [-0.05, 0) is 72.5 Å². The number of nitrogen functional groups attached to an aromatic ring is 2. The van der Waals surface area contributed by atoms with E-state index < -0.39 is 5.60 Å². The maximum Gasteiger partial charge on any atom is 0.186 e. The van der Waals surface area contributed by atoms with Gasteiger partial charge in [0.15, 0.2) is 28.5 Å². The number of aryl methyl sites for hydroxylation is 1. The number of likely N-dealkylation sites (N-methyl/N-ethyl adjacent to an activating group) is 1. The SMILES string of the molecule is CCN(c1nc(-c2noc3c2CCOC32CCCc3sc(N)c(C#N)c32)nc2c1cnn2C(C)C1CCCN1C)C(C)c1cccnc1N. The van der Waals surface area contributed by atoms with Gasteiger partial charge in [-0.2, -0.15) is 10.4 Å². The van der Waals surface area contributed by atoms with E-state index in [1.165, 1.54) is 11.3 Å². The number of nitrogens with two attached hydrogens (primary N) is 2. The minimum absolute atomic E-state index is 0.0825. The second-order valence-corrected chi connectivity index (χ2v) is 14.6. The van der Waals surface area contributed by atoms with Gasteiger partial charge in [0.1, 0.15) is 22.7 Å². The number of likely N-dealkylation sites (tertiary alicyclic amines) is 1. The summed E-state index contributed by atoms with van der Waals surface area (Å²) in [6.07, 6.45) is 8.82. The molecule has 254 valence electrons. The first-order valence-corrected chi connectivity index (χ1v) is 18.0. The third kappa shape index (κ3) is 4.81. The number of nitrogens with zero attached hydrogens (tertiary/aromatic N) is 9. The number of aromatic nitrogens is 6. The summed E-state index contributed by atoms with van der Waals surface area (Å²) >= 11 is 1.47. The van der Waals surface area contributed by atoms with E-state index in [0.29, 0.717) is 65.7 Å². The van der Waals surface area contributed by atoms with Crippen molar-refractivity contribution in [3.8, 4) is 17.6 Å².